The van der Waals surface area contributed by atoms with Gasteiger partial charge in [-0.05, 0) is 55.8 Å². The molecule has 3 aliphatic rings. The van der Waals surface area contributed by atoms with Gasteiger partial charge in [-0.3, -0.25) is 0 Å². The van der Waals surface area contributed by atoms with E-state index in [9.17, 15) is 4.79 Å². The molecule has 0 N–H and O–H groups in total. The minimum Gasteiger partial charge on any atom is -0.303 e. The molecule has 0 amide bonds. The van der Waals surface area contributed by atoms with E-state index in [-0.39, 0.29) is 0 Å². The Bertz CT molecular complexity index is 247. The maximum atomic E-state index is 11.1. The van der Waals surface area contributed by atoms with Crippen molar-refractivity contribution in [3.63, 3.8) is 0 Å². The molecule has 2 atom stereocenters. The fourth-order valence-electron chi connectivity index (χ4n) is 5.18. The Morgan fingerprint density at radius 2 is 1.44 bits per heavy atom. The molecule has 2 unspecified atom stereocenters. The Labute approximate surface area is 99.0 Å². The summed E-state index contributed by atoms with van der Waals surface area (Å²) in [7, 11) is 0. The van der Waals surface area contributed by atoms with Crippen LogP contribution >= 0.6 is 0 Å². The predicted molar refractivity (Wildman–Crippen MR) is 65.1 cm³/mol. The van der Waals surface area contributed by atoms with Crippen LogP contribution in [0.25, 0.3) is 0 Å². The standard InChI is InChI=1S/C15H24O/c16-11-12-9-13-5-1-3-7-15(13)8-4-2-6-14(15)10-12/h11-14H,1-10H2. The summed E-state index contributed by atoms with van der Waals surface area (Å²) in [5, 5.41) is 0. The van der Waals surface area contributed by atoms with Gasteiger partial charge >= 0.3 is 0 Å². The van der Waals surface area contributed by atoms with Gasteiger partial charge in [-0.25, -0.2) is 0 Å². The third-order valence-electron chi connectivity index (χ3n) is 5.88. The van der Waals surface area contributed by atoms with Crippen molar-refractivity contribution in [3.8, 4) is 0 Å². The van der Waals surface area contributed by atoms with Crippen LogP contribution in [0.1, 0.15) is 64.2 Å². The van der Waals surface area contributed by atoms with E-state index in [1.165, 1.54) is 70.5 Å². The maximum absolute atomic E-state index is 11.1. The summed E-state index contributed by atoms with van der Waals surface area (Å²) in [4.78, 5) is 11.1. The van der Waals surface area contributed by atoms with Crippen molar-refractivity contribution >= 4 is 6.29 Å². The zero-order valence-electron chi connectivity index (χ0n) is 10.3. The van der Waals surface area contributed by atoms with Crippen LogP contribution in [-0.4, -0.2) is 6.29 Å². The van der Waals surface area contributed by atoms with Gasteiger partial charge in [-0.1, -0.05) is 25.7 Å². The molecule has 3 rings (SSSR count). The van der Waals surface area contributed by atoms with Crippen molar-refractivity contribution in [2.24, 2.45) is 23.2 Å². The van der Waals surface area contributed by atoms with Crippen LogP contribution in [0, 0.1) is 23.2 Å². The Morgan fingerprint density at radius 3 is 1.94 bits per heavy atom. The molecular formula is C15H24O. The summed E-state index contributed by atoms with van der Waals surface area (Å²) >= 11 is 0. The molecule has 0 saturated heterocycles. The van der Waals surface area contributed by atoms with E-state index < -0.39 is 0 Å². The van der Waals surface area contributed by atoms with E-state index in [4.69, 9.17) is 0 Å². The summed E-state index contributed by atoms with van der Waals surface area (Å²) < 4.78 is 0. The largest absolute Gasteiger partial charge is 0.303 e. The number of hydrogen-bond acceptors (Lipinski definition) is 1. The molecule has 0 bridgehead atoms. The summed E-state index contributed by atoms with van der Waals surface area (Å²) in [5.74, 6) is 2.20. The lowest BCUT2D eigenvalue weighted by Gasteiger charge is -2.56. The Hall–Kier alpha value is -0.330. The normalized spacial score (nSPS) is 47.9. The second-order valence-corrected chi connectivity index (χ2v) is 6.49. The average Bonchev–Trinajstić information content (AvgIpc) is 2.35. The first kappa shape index (κ1) is 10.8. The fourth-order valence-corrected chi connectivity index (χ4v) is 5.18. The topological polar surface area (TPSA) is 17.1 Å². The first-order valence-corrected chi connectivity index (χ1v) is 7.30. The number of carbonyl (C=O) groups excluding carboxylic acids is 1. The highest BCUT2D eigenvalue weighted by Gasteiger charge is 2.51. The lowest BCUT2D eigenvalue weighted by molar-refractivity contribution is -0.120. The monoisotopic (exact) mass is 220 g/mol. The minimum absolute atomic E-state index is 0.402. The molecule has 3 aliphatic carbocycles. The lowest BCUT2D eigenvalue weighted by atomic mass is 9.48. The third-order valence-corrected chi connectivity index (χ3v) is 5.88. The second-order valence-electron chi connectivity index (χ2n) is 6.49. The van der Waals surface area contributed by atoms with Crippen molar-refractivity contribution in [2.45, 2.75) is 64.2 Å². The van der Waals surface area contributed by atoms with Crippen LogP contribution in [0.4, 0.5) is 0 Å². The Balaban J connectivity index is 1.87. The number of aldehydes is 1. The van der Waals surface area contributed by atoms with E-state index in [1.807, 2.05) is 0 Å². The maximum Gasteiger partial charge on any atom is 0.123 e. The third kappa shape index (κ3) is 1.55. The van der Waals surface area contributed by atoms with Gasteiger partial charge < -0.3 is 4.79 Å². The first-order valence-electron chi connectivity index (χ1n) is 7.30. The van der Waals surface area contributed by atoms with Crippen LogP contribution in [0.3, 0.4) is 0 Å². The molecule has 90 valence electrons. The van der Waals surface area contributed by atoms with Crippen molar-refractivity contribution in [2.75, 3.05) is 0 Å². The van der Waals surface area contributed by atoms with Gasteiger partial charge in [0.05, 0.1) is 0 Å². The lowest BCUT2D eigenvalue weighted by Crippen LogP contribution is -2.47. The molecule has 0 aliphatic heterocycles. The van der Waals surface area contributed by atoms with E-state index >= 15 is 0 Å². The van der Waals surface area contributed by atoms with Crippen molar-refractivity contribution in [3.05, 3.63) is 0 Å². The molecule has 0 heterocycles. The number of carbonyl (C=O) groups is 1. The number of rotatable bonds is 1. The van der Waals surface area contributed by atoms with Crippen LogP contribution < -0.4 is 0 Å². The highest BCUT2D eigenvalue weighted by atomic mass is 16.1. The zero-order chi connectivity index (χ0) is 11.0. The smallest absolute Gasteiger partial charge is 0.123 e. The molecule has 3 saturated carbocycles. The van der Waals surface area contributed by atoms with Crippen molar-refractivity contribution in [1.29, 1.82) is 0 Å². The van der Waals surface area contributed by atoms with Crippen LogP contribution in [0.5, 0.6) is 0 Å². The molecule has 0 aromatic rings. The van der Waals surface area contributed by atoms with Gasteiger partial charge in [-0.15, -0.1) is 0 Å². The van der Waals surface area contributed by atoms with Gasteiger partial charge in [0.2, 0.25) is 0 Å². The van der Waals surface area contributed by atoms with Crippen LogP contribution in [0.2, 0.25) is 0 Å². The minimum atomic E-state index is 0.402. The van der Waals surface area contributed by atoms with E-state index in [0.29, 0.717) is 11.3 Å². The fraction of sp³-hybridized carbons (Fsp3) is 0.933. The van der Waals surface area contributed by atoms with E-state index in [2.05, 4.69) is 0 Å². The quantitative estimate of drug-likeness (QED) is 0.611. The van der Waals surface area contributed by atoms with Crippen molar-refractivity contribution in [1.82, 2.24) is 0 Å². The average molecular weight is 220 g/mol. The summed E-state index contributed by atoms with van der Waals surface area (Å²) in [6.45, 7) is 0. The Morgan fingerprint density at radius 1 is 0.875 bits per heavy atom. The predicted octanol–water partition coefficient (Wildman–Crippen LogP) is 3.96. The first-order chi connectivity index (χ1) is 7.85. The van der Waals surface area contributed by atoms with Gasteiger partial charge in [0.1, 0.15) is 6.29 Å². The van der Waals surface area contributed by atoms with Crippen LogP contribution in [-0.2, 0) is 4.79 Å². The molecule has 3 fully saturated rings. The molecule has 0 aromatic carbocycles. The van der Waals surface area contributed by atoms with Crippen molar-refractivity contribution < 1.29 is 4.79 Å². The second kappa shape index (κ2) is 4.16. The highest BCUT2D eigenvalue weighted by molar-refractivity contribution is 5.54. The van der Waals surface area contributed by atoms with Gasteiger partial charge in [0.15, 0.2) is 0 Å². The molecule has 0 aromatic heterocycles. The number of hydrogen-bond donors (Lipinski definition) is 0. The zero-order valence-corrected chi connectivity index (χ0v) is 10.3. The van der Waals surface area contributed by atoms with Gasteiger partial charge in [0, 0.05) is 5.92 Å². The van der Waals surface area contributed by atoms with Gasteiger partial charge in [-0.2, -0.15) is 0 Å². The molecule has 0 radical (unpaired) electrons. The summed E-state index contributed by atoms with van der Waals surface area (Å²) in [5.41, 5.74) is 0.690. The SMILES string of the molecule is O=CC1CC2CCCCC23CCCCC3C1. The molecular weight excluding hydrogens is 196 g/mol. The summed E-state index contributed by atoms with van der Waals surface area (Å²) in [6, 6.07) is 0. The molecule has 16 heavy (non-hydrogen) atoms. The van der Waals surface area contributed by atoms with Gasteiger partial charge in [0.25, 0.3) is 0 Å². The Kier molecular flexibility index (Phi) is 2.81. The van der Waals surface area contributed by atoms with E-state index in [1.54, 1.807) is 0 Å². The molecule has 1 spiro atoms. The molecule has 1 nitrogen and oxygen atoms in total. The summed E-state index contributed by atoms with van der Waals surface area (Å²) in [6.07, 6.45) is 15.3. The van der Waals surface area contributed by atoms with E-state index in [0.717, 1.165) is 11.8 Å². The highest BCUT2D eigenvalue weighted by Crippen LogP contribution is 2.60. The van der Waals surface area contributed by atoms with Crippen LogP contribution in [0.15, 0.2) is 0 Å². The molecule has 1 heteroatoms.